The number of nitrogens with zero attached hydrogens (tertiary/aromatic N) is 2. The number of allylic oxidation sites excluding steroid dienone is 1. The fourth-order valence-electron chi connectivity index (χ4n) is 3.67. The van der Waals surface area contributed by atoms with Gasteiger partial charge in [0.05, 0.1) is 18.7 Å². The van der Waals surface area contributed by atoms with Gasteiger partial charge in [-0.25, -0.2) is 4.98 Å². The standard InChI is InChI=1S/C26H28N2O2/c1-26(2,3)22-11-8-19(9-12-22)24(29)13-10-21-18-20-6-4-5-7-23(20)27-25(21)28-14-16-30-17-15-28/h4-13,18H,14-17H2,1-3H3. The number of carbonyl (C=O) groups excluding carboxylic acids is 1. The van der Waals surface area contributed by atoms with Gasteiger partial charge in [-0.2, -0.15) is 0 Å². The molecule has 0 saturated carbocycles. The van der Waals surface area contributed by atoms with Gasteiger partial charge < -0.3 is 9.64 Å². The lowest BCUT2D eigenvalue weighted by molar-refractivity contribution is 0.104. The third-order valence-corrected chi connectivity index (χ3v) is 5.49. The zero-order valence-electron chi connectivity index (χ0n) is 17.9. The summed E-state index contributed by atoms with van der Waals surface area (Å²) in [7, 11) is 0. The van der Waals surface area contributed by atoms with Crippen LogP contribution in [0.1, 0.15) is 42.3 Å². The predicted octanol–water partition coefficient (Wildman–Crippen LogP) is 5.27. The van der Waals surface area contributed by atoms with E-state index in [1.807, 2.05) is 48.5 Å². The molecule has 1 saturated heterocycles. The first-order valence-corrected chi connectivity index (χ1v) is 10.5. The zero-order chi connectivity index (χ0) is 21.1. The van der Waals surface area contributed by atoms with Crippen LogP contribution < -0.4 is 4.90 Å². The summed E-state index contributed by atoms with van der Waals surface area (Å²) in [5.74, 6) is 0.903. The van der Waals surface area contributed by atoms with Crippen molar-refractivity contribution in [3.05, 3.63) is 77.4 Å². The minimum atomic E-state index is -0.00320. The van der Waals surface area contributed by atoms with E-state index < -0.39 is 0 Å². The molecule has 4 heteroatoms. The fraction of sp³-hybridized carbons (Fsp3) is 0.308. The van der Waals surface area contributed by atoms with Gasteiger partial charge in [0, 0.05) is 29.6 Å². The van der Waals surface area contributed by atoms with Crippen LogP contribution in [-0.4, -0.2) is 37.1 Å². The molecule has 0 radical (unpaired) electrons. The molecule has 2 heterocycles. The number of pyridine rings is 1. The van der Waals surface area contributed by atoms with E-state index in [0.717, 1.165) is 35.4 Å². The molecule has 1 aliphatic rings. The van der Waals surface area contributed by atoms with Crippen molar-refractivity contribution in [2.24, 2.45) is 0 Å². The van der Waals surface area contributed by atoms with E-state index in [0.29, 0.717) is 18.8 Å². The minimum absolute atomic E-state index is 0.00320. The molecule has 154 valence electrons. The first-order chi connectivity index (χ1) is 14.4. The van der Waals surface area contributed by atoms with E-state index in [9.17, 15) is 4.79 Å². The minimum Gasteiger partial charge on any atom is -0.378 e. The monoisotopic (exact) mass is 400 g/mol. The van der Waals surface area contributed by atoms with Crippen molar-refractivity contribution in [2.75, 3.05) is 31.2 Å². The van der Waals surface area contributed by atoms with E-state index in [4.69, 9.17) is 9.72 Å². The van der Waals surface area contributed by atoms with Crippen molar-refractivity contribution in [1.82, 2.24) is 4.98 Å². The molecule has 1 aliphatic heterocycles. The lowest BCUT2D eigenvalue weighted by atomic mass is 9.86. The number of rotatable bonds is 4. The van der Waals surface area contributed by atoms with Gasteiger partial charge in [0.2, 0.25) is 0 Å². The average molecular weight is 401 g/mol. The highest BCUT2D eigenvalue weighted by Gasteiger charge is 2.17. The molecule has 0 spiro atoms. The number of para-hydroxylation sites is 1. The normalized spacial score (nSPS) is 15.1. The molecular weight excluding hydrogens is 372 g/mol. The summed E-state index contributed by atoms with van der Waals surface area (Å²) < 4.78 is 5.50. The topological polar surface area (TPSA) is 42.4 Å². The molecule has 0 aliphatic carbocycles. The Morgan fingerprint density at radius 3 is 2.43 bits per heavy atom. The largest absolute Gasteiger partial charge is 0.378 e. The van der Waals surface area contributed by atoms with Gasteiger partial charge in [-0.15, -0.1) is 0 Å². The number of ketones is 1. The molecule has 0 N–H and O–H groups in total. The quantitative estimate of drug-likeness (QED) is 0.442. The SMILES string of the molecule is CC(C)(C)c1ccc(C(=O)C=Cc2cc3ccccc3nc2N2CCOCC2)cc1. The maximum Gasteiger partial charge on any atom is 0.185 e. The Morgan fingerprint density at radius 1 is 1.03 bits per heavy atom. The summed E-state index contributed by atoms with van der Waals surface area (Å²) in [6, 6.07) is 18.1. The molecular formula is C26H28N2O2. The highest BCUT2D eigenvalue weighted by Crippen LogP contribution is 2.26. The highest BCUT2D eigenvalue weighted by molar-refractivity contribution is 6.07. The van der Waals surface area contributed by atoms with E-state index in [-0.39, 0.29) is 11.2 Å². The molecule has 0 unspecified atom stereocenters. The number of ether oxygens (including phenoxy) is 1. The summed E-state index contributed by atoms with van der Waals surface area (Å²) in [5, 5.41) is 1.07. The van der Waals surface area contributed by atoms with Crippen LogP contribution in [0.25, 0.3) is 17.0 Å². The summed E-state index contributed by atoms with van der Waals surface area (Å²) >= 11 is 0. The molecule has 30 heavy (non-hydrogen) atoms. The average Bonchev–Trinajstić information content (AvgIpc) is 2.77. The molecule has 3 aromatic rings. The maximum atomic E-state index is 12.8. The number of morpholine rings is 1. The van der Waals surface area contributed by atoms with Gasteiger partial charge in [0.15, 0.2) is 5.78 Å². The van der Waals surface area contributed by atoms with Gasteiger partial charge in [-0.05, 0) is 35.3 Å². The number of benzene rings is 2. The maximum absolute atomic E-state index is 12.8. The zero-order valence-corrected chi connectivity index (χ0v) is 17.9. The number of carbonyl (C=O) groups is 1. The predicted molar refractivity (Wildman–Crippen MR) is 123 cm³/mol. The Morgan fingerprint density at radius 2 is 1.73 bits per heavy atom. The van der Waals surface area contributed by atoms with Crippen molar-refractivity contribution in [1.29, 1.82) is 0 Å². The van der Waals surface area contributed by atoms with Crippen molar-refractivity contribution in [2.45, 2.75) is 26.2 Å². The molecule has 1 fully saturated rings. The molecule has 1 aromatic heterocycles. The van der Waals surface area contributed by atoms with Crippen LogP contribution in [-0.2, 0) is 10.2 Å². The van der Waals surface area contributed by atoms with Gasteiger partial charge >= 0.3 is 0 Å². The van der Waals surface area contributed by atoms with Crippen molar-refractivity contribution < 1.29 is 9.53 Å². The Labute approximate surface area is 178 Å². The Balaban J connectivity index is 1.64. The molecule has 2 aromatic carbocycles. The van der Waals surface area contributed by atoms with E-state index in [1.54, 1.807) is 6.08 Å². The van der Waals surface area contributed by atoms with Crippen LogP contribution in [0.15, 0.2) is 60.7 Å². The number of fused-ring (bicyclic) bond motifs is 1. The molecule has 4 nitrogen and oxygen atoms in total. The van der Waals surface area contributed by atoms with E-state index >= 15 is 0 Å². The Hall–Kier alpha value is -2.98. The van der Waals surface area contributed by atoms with Gasteiger partial charge in [0.25, 0.3) is 0 Å². The van der Waals surface area contributed by atoms with Crippen LogP contribution in [0.4, 0.5) is 5.82 Å². The number of anilines is 1. The van der Waals surface area contributed by atoms with Crippen LogP contribution >= 0.6 is 0 Å². The lowest BCUT2D eigenvalue weighted by Crippen LogP contribution is -2.37. The highest BCUT2D eigenvalue weighted by atomic mass is 16.5. The molecule has 0 atom stereocenters. The summed E-state index contributed by atoms with van der Waals surface area (Å²) in [5.41, 5.74) is 3.90. The number of aromatic nitrogens is 1. The van der Waals surface area contributed by atoms with E-state index in [1.165, 1.54) is 5.56 Å². The van der Waals surface area contributed by atoms with Crippen molar-refractivity contribution >= 4 is 28.6 Å². The second kappa shape index (κ2) is 8.41. The Bertz CT molecular complexity index is 1070. The second-order valence-electron chi connectivity index (χ2n) is 8.72. The summed E-state index contributed by atoms with van der Waals surface area (Å²) in [6.07, 6.45) is 3.55. The van der Waals surface area contributed by atoms with Gasteiger partial charge in [0.1, 0.15) is 5.82 Å². The van der Waals surface area contributed by atoms with Crippen LogP contribution in [0.3, 0.4) is 0 Å². The van der Waals surface area contributed by atoms with Gasteiger partial charge in [-0.1, -0.05) is 63.2 Å². The van der Waals surface area contributed by atoms with E-state index in [2.05, 4.69) is 37.8 Å². The molecule has 4 rings (SSSR count). The second-order valence-corrected chi connectivity index (χ2v) is 8.72. The molecule has 0 bridgehead atoms. The van der Waals surface area contributed by atoms with Crippen LogP contribution in [0.5, 0.6) is 0 Å². The van der Waals surface area contributed by atoms with Gasteiger partial charge in [-0.3, -0.25) is 4.79 Å². The van der Waals surface area contributed by atoms with Crippen molar-refractivity contribution in [3.8, 4) is 0 Å². The smallest absolute Gasteiger partial charge is 0.185 e. The first-order valence-electron chi connectivity index (χ1n) is 10.5. The van der Waals surface area contributed by atoms with Crippen LogP contribution in [0.2, 0.25) is 0 Å². The number of hydrogen-bond donors (Lipinski definition) is 0. The number of hydrogen-bond acceptors (Lipinski definition) is 4. The van der Waals surface area contributed by atoms with Crippen LogP contribution in [0, 0.1) is 0 Å². The summed E-state index contributed by atoms with van der Waals surface area (Å²) in [6.45, 7) is 9.49. The summed E-state index contributed by atoms with van der Waals surface area (Å²) in [4.78, 5) is 19.9. The lowest BCUT2D eigenvalue weighted by Gasteiger charge is -2.29. The third kappa shape index (κ3) is 4.44. The first kappa shape index (κ1) is 20.3. The van der Waals surface area contributed by atoms with Crippen molar-refractivity contribution in [3.63, 3.8) is 0 Å². The molecule has 0 amide bonds. The fourth-order valence-corrected chi connectivity index (χ4v) is 3.67. The third-order valence-electron chi connectivity index (χ3n) is 5.49. The Kier molecular flexibility index (Phi) is 5.69.